The molecule has 0 atom stereocenters. The van der Waals surface area contributed by atoms with Gasteiger partial charge in [-0.25, -0.2) is 0 Å². The van der Waals surface area contributed by atoms with Gasteiger partial charge in [0.15, 0.2) is 6.26 Å². The van der Waals surface area contributed by atoms with Crippen LogP contribution in [0.15, 0.2) is 59.0 Å². The lowest BCUT2D eigenvalue weighted by Gasteiger charge is -1.95. The van der Waals surface area contributed by atoms with Crippen LogP contribution < -0.4 is 0 Å². The molecule has 1 heteroatoms. The molecule has 1 nitrogen and oxygen atoms in total. The second-order valence-corrected chi connectivity index (χ2v) is 3.44. The van der Waals surface area contributed by atoms with Crippen molar-refractivity contribution in [2.24, 2.45) is 0 Å². The van der Waals surface area contributed by atoms with Crippen LogP contribution in [-0.2, 0) is 0 Å². The summed E-state index contributed by atoms with van der Waals surface area (Å²) in [6.45, 7) is 0. The Kier molecular flexibility index (Phi) is 1.82. The first-order chi connectivity index (χ1) is 7.45. The van der Waals surface area contributed by atoms with Crippen LogP contribution in [0.2, 0.25) is 0 Å². The zero-order valence-corrected chi connectivity index (χ0v) is 8.10. The van der Waals surface area contributed by atoms with E-state index in [1.807, 2.05) is 36.4 Å². The molecule has 2 aromatic carbocycles. The molecule has 0 saturated carbocycles. The lowest BCUT2D eigenvalue weighted by atomic mass is 10.1. The molecule has 0 bridgehead atoms. The lowest BCUT2D eigenvalue weighted by molar-refractivity contribution is 0.607. The van der Waals surface area contributed by atoms with Crippen LogP contribution in [0.3, 0.4) is 0 Å². The smallest absolute Gasteiger partial charge is 0.179 e. The van der Waals surface area contributed by atoms with Crippen LogP contribution >= 0.6 is 0 Å². The van der Waals surface area contributed by atoms with E-state index < -0.39 is 0 Å². The number of fused-ring (bicyclic) bond motifs is 1. The van der Waals surface area contributed by atoms with Crippen LogP contribution in [0, 0.1) is 6.26 Å². The topological polar surface area (TPSA) is 13.1 Å². The number of hydrogen-bond acceptors (Lipinski definition) is 1. The van der Waals surface area contributed by atoms with E-state index in [1.165, 1.54) is 0 Å². The van der Waals surface area contributed by atoms with Crippen molar-refractivity contribution in [1.82, 2.24) is 0 Å². The average molecular weight is 193 g/mol. The normalized spacial score (nSPS) is 10.7. The summed E-state index contributed by atoms with van der Waals surface area (Å²) in [7, 11) is 0. The number of benzene rings is 2. The van der Waals surface area contributed by atoms with Gasteiger partial charge in [-0.15, -0.1) is 0 Å². The third-order valence-electron chi connectivity index (χ3n) is 2.48. The lowest BCUT2D eigenvalue weighted by Crippen LogP contribution is -1.73. The van der Waals surface area contributed by atoms with Crippen molar-refractivity contribution in [3.63, 3.8) is 0 Å². The van der Waals surface area contributed by atoms with Gasteiger partial charge >= 0.3 is 0 Å². The van der Waals surface area contributed by atoms with E-state index in [4.69, 9.17) is 4.42 Å². The molecule has 0 unspecified atom stereocenters. The quantitative estimate of drug-likeness (QED) is 0.571. The third-order valence-corrected chi connectivity index (χ3v) is 2.48. The van der Waals surface area contributed by atoms with E-state index in [0.717, 1.165) is 22.1 Å². The molecule has 3 aromatic rings. The van der Waals surface area contributed by atoms with Crippen LogP contribution in [-0.4, -0.2) is 0 Å². The van der Waals surface area contributed by atoms with Gasteiger partial charge in [0.05, 0.1) is 0 Å². The number of rotatable bonds is 1. The summed E-state index contributed by atoms with van der Waals surface area (Å²) in [6.07, 6.45) is 2.96. The minimum Gasteiger partial charge on any atom is -0.452 e. The largest absolute Gasteiger partial charge is 0.452 e. The molecule has 0 fully saturated rings. The molecule has 15 heavy (non-hydrogen) atoms. The molecule has 1 radical (unpaired) electrons. The Balaban J connectivity index is 2.28. The van der Waals surface area contributed by atoms with E-state index in [1.54, 1.807) is 0 Å². The minimum atomic E-state index is 0.886. The van der Waals surface area contributed by atoms with Gasteiger partial charge in [-0.2, -0.15) is 0 Å². The Morgan fingerprint density at radius 2 is 1.53 bits per heavy atom. The maximum Gasteiger partial charge on any atom is 0.179 e. The van der Waals surface area contributed by atoms with Crippen molar-refractivity contribution in [2.75, 3.05) is 0 Å². The standard InChI is InChI=1S/C14H9O/c1-2-6-11(7-3-1)13-10-15-14-9-5-4-8-12(13)14/h1-9H. The zero-order valence-electron chi connectivity index (χ0n) is 8.10. The van der Waals surface area contributed by atoms with E-state index in [2.05, 4.69) is 24.5 Å². The monoisotopic (exact) mass is 193 g/mol. The van der Waals surface area contributed by atoms with Gasteiger partial charge in [0.25, 0.3) is 0 Å². The molecule has 0 aliphatic carbocycles. The van der Waals surface area contributed by atoms with E-state index in [9.17, 15) is 0 Å². The summed E-state index contributed by atoms with van der Waals surface area (Å²) in [4.78, 5) is 0. The Morgan fingerprint density at radius 3 is 2.40 bits per heavy atom. The van der Waals surface area contributed by atoms with Crippen molar-refractivity contribution < 1.29 is 4.42 Å². The van der Waals surface area contributed by atoms with E-state index >= 15 is 0 Å². The third kappa shape index (κ3) is 1.33. The molecule has 0 N–H and O–H groups in total. The van der Waals surface area contributed by atoms with Crippen molar-refractivity contribution in [3.8, 4) is 11.1 Å². The fraction of sp³-hybridized carbons (Fsp3) is 0. The molecule has 0 aliphatic heterocycles. The number of hydrogen-bond donors (Lipinski definition) is 0. The Morgan fingerprint density at radius 1 is 0.800 bits per heavy atom. The Bertz CT molecular complexity index is 578. The highest BCUT2D eigenvalue weighted by Crippen LogP contribution is 2.29. The van der Waals surface area contributed by atoms with Gasteiger partial charge < -0.3 is 4.42 Å². The molecular weight excluding hydrogens is 184 g/mol. The maximum atomic E-state index is 5.38. The summed E-state index contributed by atoms with van der Waals surface area (Å²) in [5, 5.41) is 1.11. The van der Waals surface area contributed by atoms with Crippen LogP contribution in [0.4, 0.5) is 0 Å². The van der Waals surface area contributed by atoms with E-state index in [0.29, 0.717) is 0 Å². The molecule has 0 saturated heterocycles. The fourth-order valence-electron chi connectivity index (χ4n) is 1.74. The van der Waals surface area contributed by atoms with Crippen molar-refractivity contribution in [3.05, 3.63) is 60.9 Å². The molecular formula is C14H9O. The number of para-hydroxylation sites is 1. The second kappa shape index (κ2) is 3.28. The fourth-order valence-corrected chi connectivity index (χ4v) is 1.74. The number of furan rings is 1. The molecule has 0 aliphatic rings. The Labute approximate surface area is 88.0 Å². The summed E-state index contributed by atoms with van der Waals surface area (Å²) in [5.74, 6) is 0. The average Bonchev–Trinajstić information content (AvgIpc) is 2.74. The molecule has 0 amide bonds. The molecule has 71 valence electrons. The molecule has 3 rings (SSSR count). The minimum absolute atomic E-state index is 0.886. The van der Waals surface area contributed by atoms with Gasteiger partial charge in [0, 0.05) is 10.9 Å². The summed E-state index contributed by atoms with van der Waals surface area (Å²) in [6, 6.07) is 18.2. The van der Waals surface area contributed by atoms with Gasteiger partial charge in [-0.05, 0) is 11.6 Å². The summed E-state index contributed by atoms with van der Waals surface area (Å²) < 4.78 is 5.38. The van der Waals surface area contributed by atoms with Crippen molar-refractivity contribution >= 4 is 11.0 Å². The predicted octanol–water partition coefficient (Wildman–Crippen LogP) is 3.90. The Hall–Kier alpha value is -2.02. The van der Waals surface area contributed by atoms with Crippen LogP contribution in [0.5, 0.6) is 0 Å². The summed E-state index contributed by atoms with van der Waals surface area (Å²) >= 11 is 0. The molecule has 1 heterocycles. The first-order valence-electron chi connectivity index (χ1n) is 4.90. The first kappa shape index (κ1) is 8.30. The summed E-state index contributed by atoms with van der Waals surface area (Å²) in [5.41, 5.74) is 3.06. The predicted molar refractivity (Wildman–Crippen MR) is 60.5 cm³/mol. The van der Waals surface area contributed by atoms with Gasteiger partial charge in [-0.3, -0.25) is 0 Å². The highest BCUT2D eigenvalue weighted by atomic mass is 16.3. The maximum absolute atomic E-state index is 5.38. The van der Waals surface area contributed by atoms with Gasteiger partial charge in [0.2, 0.25) is 0 Å². The molecule has 1 aromatic heterocycles. The SMILES string of the molecule is [c]1oc2ccccc2c1-c1ccccc1. The van der Waals surface area contributed by atoms with Gasteiger partial charge in [-0.1, -0.05) is 48.5 Å². The van der Waals surface area contributed by atoms with Crippen LogP contribution in [0.1, 0.15) is 0 Å². The van der Waals surface area contributed by atoms with Crippen molar-refractivity contribution in [1.29, 1.82) is 0 Å². The van der Waals surface area contributed by atoms with Gasteiger partial charge in [0.1, 0.15) is 5.58 Å². The zero-order chi connectivity index (χ0) is 10.1. The van der Waals surface area contributed by atoms with Crippen LogP contribution in [0.25, 0.3) is 22.1 Å². The van der Waals surface area contributed by atoms with E-state index in [-0.39, 0.29) is 0 Å². The highest BCUT2D eigenvalue weighted by molar-refractivity contribution is 5.93. The first-order valence-corrected chi connectivity index (χ1v) is 4.90. The highest BCUT2D eigenvalue weighted by Gasteiger charge is 2.06. The second-order valence-electron chi connectivity index (χ2n) is 3.44. The van der Waals surface area contributed by atoms with Crippen molar-refractivity contribution in [2.45, 2.75) is 0 Å². The molecule has 0 spiro atoms.